The Morgan fingerprint density at radius 2 is 2.05 bits per heavy atom. The second kappa shape index (κ2) is 10.2. The predicted octanol–water partition coefficient (Wildman–Crippen LogP) is 3.31. The fourth-order valence-electron chi connectivity index (χ4n) is 7.98. The minimum Gasteiger partial charge on any atom is -0.467 e. The summed E-state index contributed by atoms with van der Waals surface area (Å²) >= 11 is 0. The molecule has 1 aromatic heterocycles. The molecule has 9 nitrogen and oxygen atoms in total. The molecule has 3 N–H and O–H groups in total. The monoisotopic (exact) mass is 512 g/mol. The van der Waals surface area contributed by atoms with Crippen LogP contribution in [0, 0.1) is 28.6 Å². The van der Waals surface area contributed by atoms with E-state index in [1.807, 2.05) is 0 Å². The van der Waals surface area contributed by atoms with Crippen molar-refractivity contribution in [1.29, 1.82) is 0 Å². The van der Waals surface area contributed by atoms with Gasteiger partial charge in [0.15, 0.2) is 6.61 Å². The van der Waals surface area contributed by atoms with E-state index < -0.39 is 17.9 Å². The topological polar surface area (TPSA) is 126 Å². The number of methoxy groups -OCH3 is 1. The van der Waals surface area contributed by atoms with Crippen LogP contribution in [0.5, 0.6) is 0 Å². The van der Waals surface area contributed by atoms with Crippen molar-refractivity contribution in [2.24, 2.45) is 33.7 Å². The van der Waals surface area contributed by atoms with E-state index in [1.165, 1.54) is 31.9 Å². The number of nitrogens with one attached hydrogen (secondary N) is 2. The lowest BCUT2D eigenvalue weighted by molar-refractivity contribution is -0.145. The van der Waals surface area contributed by atoms with E-state index in [0.29, 0.717) is 17.8 Å². The van der Waals surface area contributed by atoms with E-state index in [1.54, 1.807) is 6.20 Å². The molecular weight excluding hydrogens is 472 g/mol. The maximum absolute atomic E-state index is 12.4. The highest BCUT2D eigenvalue weighted by atomic mass is 16.6. The van der Waals surface area contributed by atoms with Crippen LogP contribution < -0.4 is 5.32 Å². The van der Waals surface area contributed by atoms with Gasteiger partial charge in [-0.15, -0.1) is 0 Å². The molecule has 3 fully saturated rings. The van der Waals surface area contributed by atoms with Gasteiger partial charge in [-0.3, -0.25) is 4.79 Å². The zero-order chi connectivity index (χ0) is 26.2. The molecule has 0 bridgehead atoms. The first-order valence-corrected chi connectivity index (χ1v) is 13.7. The van der Waals surface area contributed by atoms with Crippen molar-refractivity contribution in [3.8, 4) is 0 Å². The van der Waals surface area contributed by atoms with E-state index in [-0.39, 0.29) is 30.0 Å². The Bertz CT molecular complexity index is 1070. The number of aliphatic hydroxyl groups excluding tert-OH is 1. The molecule has 3 saturated carbocycles. The zero-order valence-electron chi connectivity index (χ0n) is 22.2. The molecular formula is C28H40N4O5. The van der Waals surface area contributed by atoms with Crippen molar-refractivity contribution in [3.63, 3.8) is 0 Å². The summed E-state index contributed by atoms with van der Waals surface area (Å²) in [5.41, 5.74) is 3.32. The number of aromatic amines is 1. The highest BCUT2D eigenvalue weighted by molar-refractivity contribution is 5.96. The Hall–Kier alpha value is -2.68. The lowest BCUT2D eigenvalue weighted by Crippen LogP contribution is -2.51. The summed E-state index contributed by atoms with van der Waals surface area (Å²) in [5, 5.41) is 17.6. The van der Waals surface area contributed by atoms with Crippen LogP contribution in [-0.4, -0.2) is 58.5 Å². The number of nitrogens with zero attached hydrogens (tertiary/aromatic N) is 2. The predicted molar refractivity (Wildman–Crippen MR) is 137 cm³/mol. The summed E-state index contributed by atoms with van der Waals surface area (Å²) in [6.45, 7) is 4.48. The Labute approximate surface area is 218 Å². The van der Waals surface area contributed by atoms with Gasteiger partial charge in [-0.25, -0.2) is 9.78 Å². The van der Waals surface area contributed by atoms with Crippen molar-refractivity contribution in [2.75, 3.05) is 13.7 Å². The molecule has 1 aromatic rings. The number of amides is 1. The first-order chi connectivity index (χ1) is 17.7. The number of rotatable bonds is 7. The highest BCUT2D eigenvalue weighted by Crippen LogP contribution is 2.65. The van der Waals surface area contributed by atoms with Crippen molar-refractivity contribution in [3.05, 3.63) is 29.9 Å². The summed E-state index contributed by atoms with van der Waals surface area (Å²) < 4.78 is 4.82. The first kappa shape index (κ1) is 25.9. The second-order valence-corrected chi connectivity index (χ2v) is 11.9. The smallest absolute Gasteiger partial charge is 0.328 e. The van der Waals surface area contributed by atoms with Crippen molar-refractivity contribution >= 4 is 17.6 Å². The molecule has 5 unspecified atom stereocenters. The molecule has 0 spiro atoms. The summed E-state index contributed by atoms with van der Waals surface area (Å²) in [5.74, 6) is 1.03. The van der Waals surface area contributed by atoms with E-state index >= 15 is 0 Å². The molecule has 1 amide bonds. The van der Waals surface area contributed by atoms with E-state index in [4.69, 9.17) is 9.57 Å². The number of aliphatic hydroxyl groups is 1. The standard InChI is InChI=1S/C28H40N4O5/c1-27-10-8-18(32-37-15-25(34)31-23(26(35)36-3)13-19-14-29-16-30-19)12-17(27)4-5-20-21-6-7-24(33)28(21,2)11-9-22(20)27/h12,14,16,20-24,33H,4-11,13,15H2,1-3H3,(H,29,30)(H,31,34)/b32-18+/t20?,21?,22?,23?,24?,27-,28-/m0/s1. The quantitative estimate of drug-likeness (QED) is 0.380. The van der Waals surface area contributed by atoms with Crippen LogP contribution in [0.4, 0.5) is 0 Å². The number of hydrogen-bond donors (Lipinski definition) is 3. The van der Waals surface area contributed by atoms with Crippen LogP contribution in [0.15, 0.2) is 29.3 Å². The Kier molecular flexibility index (Phi) is 7.18. The minimum atomic E-state index is -0.833. The van der Waals surface area contributed by atoms with Crippen LogP contribution in [0.3, 0.4) is 0 Å². The third-order valence-electron chi connectivity index (χ3n) is 10.1. The van der Waals surface area contributed by atoms with Gasteiger partial charge in [0.1, 0.15) is 6.04 Å². The van der Waals surface area contributed by atoms with Crippen LogP contribution in [-0.2, 0) is 25.6 Å². The molecule has 7 atom stereocenters. The summed E-state index contributed by atoms with van der Waals surface area (Å²) in [4.78, 5) is 36.8. The number of H-pyrrole nitrogens is 1. The van der Waals surface area contributed by atoms with Gasteiger partial charge in [0, 0.05) is 18.3 Å². The fraction of sp³-hybridized carbons (Fsp3) is 0.714. The molecule has 4 aliphatic rings. The van der Waals surface area contributed by atoms with E-state index in [9.17, 15) is 14.7 Å². The van der Waals surface area contributed by atoms with Gasteiger partial charge in [0.2, 0.25) is 0 Å². The zero-order valence-corrected chi connectivity index (χ0v) is 22.2. The number of fused-ring (bicyclic) bond motifs is 5. The minimum absolute atomic E-state index is 0.0969. The van der Waals surface area contributed by atoms with Gasteiger partial charge >= 0.3 is 5.97 Å². The number of allylic oxidation sites excluding steroid dienone is 2. The highest BCUT2D eigenvalue weighted by Gasteiger charge is 2.58. The Morgan fingerprint density at radius 3 is 2.81 bits per heavy atom. The molecule has 9 heteroatoms. The number of hydrogen-bond acceptors (Lipinski definition) is 7. The molecule has 0 saturated heterocycles. The molecule has 37 heavy (non-hydrogen) atoms. The molecule has 4 aliphatic carbocycles. The number of oxime groups is 1. The molecule has 0 aromatic carbocycles. The van der Waals surface area contributed by atoms with Gasteiger partial charge < -0.3 is 25.0 Å². The molecule has 5 rings (SSSR count). The molecule has 0 aliphatic heterocycles. The number of imidazole rings is 1. The normalized spacial score (nSPS) is 36.5. The van der Waals surface area contributed by atoms with Crippen LogP contribution in [0.2, 0.25) is 0 Å². The number of carbonyl (C=O) groups is 2. The first-order valence-electron chi connectivity index (χ1n) is 13.7. The Morgan fingerprint density at radius 1 is 1.22 bits per heavy atom. The maximum Gasteiger partial charge on any atom is 0.328 e. The number of carbonyl (C=O) groups excluding carboxylic acids is 2. The van der Waals surface area contributed by atoms with Gasteiger partial charge in [0.05, 0.1) is 25.3 Å². The Balaban J connectivity index is 1.19. The third-order valence-corrected chi connectivity index (χ3v) is 10.1. The van der Waals surface area contributed by atoms with E-state index in [0.717, 1.165) is 49.9 Å². The molecule has 202 valence electrons. The van der Waals surface area contributed by atoms with Crippen LogP contribution in [0.1, 0.15) is 70.9 Å². The number of aromatic nitrogens is 2. The summed E-state index contributed by atoms with van der Waals surface area (Å²) in [6, 6.07) is -0.833. The average Bonchev–Trinajstić information content (AvgIpc) is 3.50. The van der Waals surface area contributed by atoms with Crippen molar-refractivity contribution in [2.45, 2.75) is 83.8 Å². The molecule has 1 heterocycles. The third kappa shape index (κ3) is 4.82. The second-order valence-electron chi connectivity index (χ2n) is 11.9. The van der Waals surface area contributed by atoms with Gasteiger partial charge in [-0.1, -0.05) is 24.6 Å². The lowest BCUT2D eigenvalue weighted by Gasteiger charge is -2.57. The fourth-order valence-corrected chi connectivity index (χ4v) is 7.98. The van der Waals surface area contributed by atoms with Gasteiger partial charge in [-0.05, 0) is 86.0 Å². The maximum atomic E-state index is 12.4. The van der Waals surface area contributed by atoms with Crippen LogP contribution in [0.25, 0.3) is 0 Å². The largest absolute Gasteiger partial charge is 0.467 e. The van der Waals surface area contributed by atoms with Gasteiger partial charge in [0.25, 0.3) is 5.91 Å². The average molecular weight is 513 g/mol. The SMILES string of the molecule is COC(=O)C(Cc1cnc[nH]1)NC(=O)CO/N=C1/C=C2CCC3C4CCC(O)[C@@]4(C)CCC3[C@@]2(C)CC1. The van der Waals surface area contributed by atoms with E-state index in [2.05, 4.69) is 40.4 Å². The van der Waals surface area contributed by atoms with Crippen molar-refractivity contribution < 1.29 is 24.3 Å². The van der Waals surface area contributed by atoms with Crippen molar-refractivity contribution in [1.82, 2.24) is 15.3 Å². The molecule has 0 radical (unpaired) electrons. The summed E-state index contributed by atoms with van der Waals surface area (Å²) in [6.07, 6.45) is 13.9. The number of ether oxygens (including phenoxy) is 1. The van der Waals surface area contributed by atoms with Gasteiger partial charge in [-0.2, -0.15) is 0 Å². The lowest BCUT2D eigenvalue weighted by atomic mass is 9.47. The summed E-state index contributed by atoms with van der Waals surface area (Å²) in [7, 11) is 1.29. The number of esters is 1. The van der Waals surface area contributed by atoms with Crippen LogP contribution >= 0.6 is 0 Å².